The Morgan fingerprint density at radius 3 is 2.58 bits per heavy atom. The lowest BCUT2D eigenvalue weighted by atomic mass is 10.1. The molecule has 0 saturated heterocycles. The Morgan fingerprint density at radius 2 is 1.95 bits per heavy atom. The average molecular weight is 255 g/mol. The van der Waals surface area contributed by atoms with Crippen LogP contribution in [0.3, 0.4) is 0 Å². The first-order valence-electron chi connectivity index (χ1n) is 6.20. The van der Waals surface area contributed by atoms with Gasteiger partial charge in [0.15, 0.2) is 0 Å². The first-order chi connectivity index (χ1) is 9.13. The van der Waals surface area contributed by atoms with E-state index in [1.165, 1.54) is 11.8 Å². The van der Waals surface area contributed by atoms with Crippen molar-refractivity contribution in [1.82, 2.24) is 4.98 Å². The Balaban J connectivity index is 1.84. The molecular formula is C15H17N3O. The van der Waals surface area contributed by atoms with Gasteiger partial charge in [-0.2, -0.15) is 0 Å². The first-order valence-corrected chi connectivity index (χ1v) is 6.20. The Labute approximate surface area is 112 Å². The second kappa shape index (κ2) is 6.00. The van der Waals surface area contributed by atoms with Crippen LogP contribution in [0.15, 0.2) is 42.6 Å². The van der Waals surface area contributed by atoms with E-state index in [1.54, 1.807) is 12.1 Å². The van der Waals surface area contributed by atoms with Gasteiger partial charge in [0.25, 0.3) is 0 Å². The molecule has 1 aromatic carbocycles. The normalized spacial score (nSPS) is 10.2. The number of nitrogens with zero attached hydrogens (tertiary/aromatic N) is 1. The Bertz CT molecular complexity index is 547. The molecule has 1 amide bonds. The average Bonchev–Trinajstić information content (AvgIpc) is 2.41. The molecule has 0 fully saturated rings. The Morgan fingerprint density at radius 1 is 1.21 bits per heavy atom. The van der Waals surface area contributed by atoms with Crippen molar-refractivity contribution in [3.63, 3.8) is 0 Å². The molecule has 4 heteroatoms. The van der Waals surface area contributed by atoms with Crippen molar-refractivity contribution in [1.29, 1.82) is 0 Å². The van der Waals surface area contributed by atoms with E-state index in [4.69, 9.17) is 5.73 Å². The summed E-state index contributed by atoms with van der Waals surface area (Å²) in [5.74, 6) is 0.487. The lowest BCUT2D eigenvalue weighted by molar-refractivity contribution is -0.116. The molecule has 3 N–H and O–H groups in total. The van der Waals surface area contributed by atoms with Gasteiger partial charge in [-0.3, -0.25) is 4.79 Å². The Hall–Kier alpha value is -2.36. The maximum absolute atomic E-state index is 11.8. The largest absolute Gasteiger partial charge is 0.397 e. The van der Waals surface area contributed by atoms with Crippen LogP contribution >= 0.6 is 0 Å². The van der Waals surface area contributed by atoms with E-state index in [9.17, 15) is 4.79 Å². The molecule has 19 heavy (non-hydrogen) atoms. The molecule has 0 aliphatic carbocycles. The highest BCUT2D eigenvalue weighted by Crippen LogP contribution is 2.09. The fourth-order valence-electron chi connectivity index (χ4n) is 1.70. The molecule has 0 aliphatic heterocycles. The third-order valence-electron chi connectivity index (χ3n) is 2.82. The van der Waals surface area contributed by atoms with Crippen LogP contribution in [-0.2, 0) is 11.2 Å². The number of pyridine rings is 1. The van der Waals surface area contributed by atoms with Gasteiger partial charge in [0.05, 0.1) is 11.9 Å². The van der Waals surface area contributed by atoms with E-state index in [0.717, 1.165) is 12.0 Å². The number of anilines is 2. The summed E-state index contributed by atoms with van der Waals surface area (Å²) in [4.78, 5) is 15.8. The van der Waals surface area contributed by atoms with Gasteiger partial charge in [0.2, 0.25) is 5.91 Å². The number of amides is 1. The van der Waals surface area contributed by atoms with Gasteiger partial charge < -0.3 is 11.1 Å². The van der Waals surface area contributed by atoms with Crippen LogP contribution in [-0.4, -0.2) is 10.9 Å². The number of hydrogen-bond acceptors (Lipinski definition) is 3. The number of nitrogen functional groups attached to an aromatic ring is 1. The maximum Gasteiger partial charge on any atom is 0.225 e. The fourth-order valence-corrected chi connectivity index (χ4v) is 1.70. The van der Waals surface area contributed by atoms with Crippen molar-refractivity contribution in [3.8, 4) is 0 Å². The van der Waals surface area contributed by atoms with Crippen molar-refractivity contribution in [2.24, 2.45) is 0 Å². The quantitative estimate of drug-likeness (QED) is 0.882. The molecule has 98 valence electrons. The van der Waals surface area contributed by atoms with Crippen LogP contribution in [0.5, 0.6) is 0 Å². The van der Waals surface area contributed by atoms with Gasteiger partial charge in [-0.15, -0.1) is 0 Å². The molecule has 0 aliphatic rings. The number of carbonyl (C=O) groups is 1. The number of nitrogens with one attached hydrogen (secondary N) is 1. The molecule has 1 heterocycles. The lowest BCUT2D eigenvalue weighted by Crippen LogP contribution is -2.13. The van der Waals surface area contributed by atoms with Crippen LogP contribution < -0.4 is 11.1 Å². The molecule has 0 spiro atoms. The van der Waals surface area contributed by atoms with Gasteiger partial charge >= 0.3 is 0 Å². The van der Waals surface area contributed by atoms with Crippen molar-refractivity contribution in [2.45, 2.75) is 19.8 Å². The summed E-state index contributed by atoms with van der Waals surface area (Å²) in [6.07, 6.45) is 2.69. The van der Waals surface area contributed by atoms with Gasteiger partial charge in [0, 0.05) is 6.42 Å². The van der Waals surface area contributed by atoms with Crippen LogP contribution in [0.25, 0.3) is 0 Å². The molecule has 0 radical (unpaired) electrons. The van der Waals surface area contributed by atoms with Crippen molar-refractivity contribution in [2.75, 3.05) is 11.1 Å². The van der Waals surface area contributed by atoms with Crippen molar-refractivity contribution in [3.05, 3.63) is 53.7 Å². The predicted molar refractivity (Wildman–Crippen MR) is 76.8 cm³/mol. The molecule has 0 bridgehead atoms. The summed E-state index contributed by atoms with van der Waals surface area (Å²) >= 11 is 0. The van der Waals surface area contributed by atoms with E-state index in [-0.39, 0.29) is 5.91 Å². The number of aryl methyl sites for hydroxylation is 2. The lowest BCUT2D eigenvalue weighted by Gasteiger charge is -2.05. The Kier molecular flexibility index (Phi) is 4.13. The standard InChI is InChI=1S/C15H17N3O/c1-11-2-4-12(5-3-11)6-9-15(19)18-14-8-7-13(16)10-17-14/h2-5,7-8,10H,6,9,16H2,1H3,(H,17,18,19). The van der Waals surface area contributed by atoms with E-state index in [1.807, 2.05) is 19.1 Å². The molecule has 4 nitrogen and oxygen atoms in total. The maximum atomic E-state index is 11.8. The number of aromatic nitrogens is 1. The second-order valence-corrected chi connectivity index (χ2v) is 4.51. The van der Waals surface area contributed by atoms with E-state index < -0.39 is 0 Å². The first kappa shape index (κ1) is 13.1. The molecule has 0 atom stereocenters. The molecule has 1 aromatic heterocycles. The van der Waals surface area contributed by atoms with E-state index in [2.05, 4.69) is 22.4 Å². The van der Waals surface area contributed by atoms with Crippen LogP contribution in [0.4, 0.5) is 11.5 Å². The summed E-state index contributed by atoms with van der Waals surface area (Å²) in [5, 5.41) is 2.75. The number of hydrogen-bond donors (Lipinski definition) is 2. The summed E-state index contributed by atoms with van der Waals surface area (Å²) in [5.41, 5.74) is 8.49. The minimum Gasteiger partial charge on any atom is -0.397 e. The monoisotopic (exact) mass is 255 g/mol. The third-order valence-corrected chi connectivity index (χ3v) is 2.82. The molecule has 2 rings (SSSR count). The van der Waals surface area contributed by atoms with E-state index in [0.29, 0.717) is 17.9 Å². The van der Waals surface area contributed by atoms with Gasteiger partial charge in [0.1, 0.15) is 5.82 Å². The highest BCUT2D eigenvalue weighted by atomic mass is 16.1. The zero-order chi connectivity index (χ0) is 13.7. The second-order valence-electron chi connectivity index (χ2n) is 4.51. The number of nitrogens with two attached hydrogens (primary N) is 1. The summed E-state index contributed by atoms with van der Waals surface area (Å²) in [7, 11) is 0. The highest BCUT2D eigenvalue weighted by Gasteiger charge is 2.03. The highest BCUT2D eigenvalue weighted by molar-refractivity contribution is 5.89. The van der Waals surface area contributed by atoms with Gasteiger partial charge in [-0.1, -0.05) is 29.8 Å². The smallest absolute Gasteiger partial charge is 0.225 e. The zero-order valence-corrected chi connectivity index (χ0v) is 10.9. The molecular weight excluding hydrogens is 238 g/mol. The third kappa shape index (κ3) is 4.10. The van der Waals surface area contributed by atoms with Crippen LogP contribution in [0, 0.1) is 6.92 Å². The van der Waals surface area contributed by atoms with Gasteiger partial charge in [-0.25, -0.2) is 4.98 Å². The minimum atomic E-state index is -0.0437. The molecule has 0 unspecified atom stereocenters. The number of rotatable bonds is 4. The van der Waals surface area contributed by atoms with Crippen LogP contribution in [0.2, 0.25) is 0 Å². The topological polar surface area (TPSA) is 68.0 Å². The summed E-state index contributed by atoms with van der Waals surface area (Å²) < 4.78 is 0. The molecule has 2 aromatic rings. The summed E-state index contributed by atoms with van der Waals surface area (Å²) in [6, 6.07) is 11.6. The number of carbonyl (C=O) groups excluding carboxylic acids is 1. The zero-order valence-electron chi connectivity index (χ0n) is 10.9. The van der Waals surface area contributed by atoms with E-state index >= 15 is 0 Å². The van der Waals surface area contributed by atoms with Gasteiger partial charge in [-0.05, 0) is 31.0 Å². The number of benzene rings is 1. The SMILES string of the molecule is Cc1ccc(CCC(=O)Nc2ccc(N)cn2)cc1. The van der Waals surface area contributed by atoms with Crippen LogP contribution in [0.1, 0.15) is 17.5 Å². The predicted octanol–water partition coefficient (Wildman–Crippen LogP) is 2.54. The summed E-state index contributed by atoms with van der Waals surface area (Å²) in [6.45, 7) is 2.04. The molecule has 0 saturated carbocycles. The minimum absolute atomic E-state index is 0.0437. The van der Waals surface area contributed by atoms with Crippen molar-refractivity contribution >= 4 is 17.4 Å². The van der Waals surface area contributed by atoms with Crippen molar-refractivity contribution < 1.29 is 4.79 Å². The fraction of sp³-hybridized carbons (Fsp3) is 0.200.